The van der Waals surface area contributed by atoms with E-state index in [0.29, 0.717) is 12.1 Å². The molecule has 1 saturated heterocycles. The third-order valence-electron chi connectivity index (χ3n) is 3.82. The number of piperazine rings is 1. The molecule has 1 heterocycles. The molecule has 1 aliphatic heterocycles. The van der Waals surface area contributed by atoms with Crippen molar-refractivity contribution in [2.75, 3.05) is 13.1 Å². The minimum atomic E-state index is 0.152. The number of nitrogens with one attached hydrogen (secondary N) is 1. The molecule has 0 saturated carbocycles. The fourth-order valence-corrected chi connectivity index (χ4v) is 2.77. The fraction of sp³-hybridized carbons (Fsp3) is 0.533. The number of nitrogens with zero attached hydrogens (tertiary/aromatic N) is 1. The summed E-state index contributed by atoms with van der Waals surface area (Å²) < 4.78 is 1.00. The molecule has 2 atom stereocenters. The molecule has 1 fully saturated rings. The van der Waals surface area contributed by atoms with E-state index in [1.807, 2.05) is 29.2 Å². The summed E-state index contributed by atoms with van der Waals surface area (Å²) in [5, 5.41) is 3.51. The van der Waals surface area contributed by atoms with E-state index in [2.05, 4.69) is 35.1 Å². The molecule has 4 heteroatoms. The molecule has 2 rings (SSSR count). The van der Waals surface area contributed by atoms with E-state index in [1.165, 1.54) is 0 Å². The summed E-state index contributed by atoms with van der Waals surface area (Å²) in [6, 6.07) is 8.35. The zero-order valence-corrected chi connectivity index (χ0v) is 13.1. The Hall–Kier alpha value is -0.870. The summed E-state index contributed by atoms with van der Waals surface area (Å²) in [5.74, 6) is 0.152. The molecule has 1 aromatic rings. The molecule has 0 aliphatic carbocycles. The minimum Gasteiger partial charge on any atom is -0.333 e. The van der Waals surface area contributed by atoms with Crippen LogP contribution in [-0.2, 0) is 0 Å². The van der Waals surface area contributed by atoms with Gasteiger partial charge in [-0.05, 0) is 37.1 Å². The second-order valence-corrected chi connectivity index (χ2v) is 5.96. The van der Waals surface area contributed by atoms with Gasteiger partial charge in [-0.25, -0.2) is 0 Å². The predicted molar refractivity (Wildman–Crippen MR) is 81.3 cm³/mol. The number of hydrogen-bond donors (Lipinski definition) is 1. The average Bonchev–Trinajstić information content (AvgIpc) is 2.46. The molecule has 2 unspecified atom stereocenters. The molecular formula is C15H21BrN2O. The van der Waals surface area contributed by atoms with Crippen molar-refractivity contribution in [2.45, 2.75) is 38.8 Å². The molecule has 0 bridgehead atoms. The second kappa shape index (κ2) is 6.53. The Balaban J connectivity index is 2.16. The normalized spacial score (nSPS) is 23.4. The van der Waals surface area contributed by atoms with Crippen molar-refractivity contribution in [1.82, 2.24) is 10.2 Å². The Morgan fingerprint density at radius 2 is 2.00 bits per heavy atom. The van der Waals surface area contributed by atoms with Crippen LogP contribution in [0.4, 0.5) is 0 Å². The first-order chi connectivity index (χ1) is 9.15. The molecule has 1 amide bonds. The summed E-state index contributed by atoms with van der Waals surface area (Å²) >= 11 is 3.40. The van der Waals surface area contributed by atoms with Gasteiger partial charge in [-0.2, -0.15) is 0 Å². The van der Waals surface area contributed by atoms with Crippen LogP contribution in [0.2, 0.25) is 0 Å². The van der Waals surface area contributed by atoms with Crippen LogP contribution in [0, 0.1) is 0 Å². The van der Waals surface area contributed by atoms with Gasteiger partial charge in [0.25, 0.3) is 5.91 Å². The van der Waals surface area contributed by atoms with E-state index in [0.717, 1.165) is 36.0 Å². The average molecular weight is 325 g/mol. The van der Waals surface area contributed by atoms with Crippen LogP contribution in [0.5, 0.6) is 0 Å². The number of benzene rings is 1. The van der Waals surface area contributed by atoms with Crippen LogP contribution >= 0.6 is 15.9 Å². The van der Waals surface area contributed by atoms with Gasteiger partial charge in [0.1, 0.15) is 0 Å². The van der Waals surface area contributed by atoms with Crippen molar-refractivity contribution >= 4 is 21.8 Å². The van der Waals surface area contributed by atoms with Gasteiger partial charge in [0.15, 0.2) is 0 Å². The number of rotatable bonds is 3. The highest BCUT2D eigenvalue weighted by atomic mass is 79.9. The van der Waals surface area contributed by atoms with Crippen LogP contribution in [0.1, 0.15) is 37.0 Å². The van der Waals surface area contributed by atoms with Crippen LogP contribution in [0.25, 0.3) is 0 Å². The van der Waals surface area contributed by atoms with Gasteiger partial charge in [-0.1, -0.05) is 29.8 Å². The molecule has 1 aliphatic rings. The molecule has 1 aromatic carbocycles. The third-order valence-corrected chi connectivity index (χ3v) is 4.34. The zero-order valence-electron chi connectivity index (χ0n) is 11.5. The molecule has 3 nitrogen and oxygen atoms in total. The Labute approximate surface area is 123 Å². The number of carbonyl (C=O) groups excluding carboxylic acids is 1. The van der Waals surface area contributed by atoms with Crippen LogP contribution < -0.4 is 5.32 Å². The summed E-state index contributed by atoms with van der Waals surface area (Å²) in [4.78, 5) is 14.7. The van der Waals surface area contributed by atoms with Crippen molar-refractivity contribution in [2.24, 2.45) is 0 Å². The van der Waals surface area contributed by atoms with Crippen LogP contribution in [0.15, 0.2) is 28.7 Å². The smallest absolute Gasteiger partial charge is 0.254 e. The van der Waals surface area contributed by atoms with E-state index in [-0.39, 0.29) is 5.91 Å². The van der Waals surface area contributed by atoms with Crippen molar-refractivity contribution in [3.8, 4) is 0 Å². The van der Waals surface area contributed by atoms with E-state index < -0.39 is 0 Å². The lowest BCUT2D eigenvalue weighted by atomic mass is 10.0. The monoisotopic (exact) mass is 324 g/mol. The summed E-state index contributed by atoms with van der Waals surface area (Å²) in [6.45, 7) is 6.01. The second-order valence-electron chi connectivity index (χ2n) is 5.04. The van der Waals surface area contributed by atoms with Gasteiger partial charge in [0.2, 0.25) is 0 Å². The Bertz CT molecular complexity index is 432. The van der Waals surface area contributed by atoms with Crippen molar-refractivity contribution in [3.63, 3.8) is 0 Å². The molecule has 19 heavy (non-hydrogen) atoms. The number of amides is 1. The Morgan fingerprint density at radius 1 is 1.32 bits per heavy atom. The molecule has 0 aromatic heterocycles. The first-order valence-electron chi connectivity index (χ1n) is 6.95. The maximum absolute atomic E-state index is 12.6. The number of carbonyl (C=O) groups is 1. The van der Waals surface area contributed by atoms with Crippen LogP contribution in [-0.4, -0.2) is 36.0 Å². The maximum atomic E-state index is 12.6. The topological polar surface area (TPSA) is 32.3 Å². The van der Waals surface area contributed by atoms with E-state index in [9.17, 15) is 4.79 Å². The van der Waals surface area contributed by atoms with Gasteiger partial charge in [0.05, 0.1) is 0 Å². The predicted octanol–water partition coefficient (Wildman–Crippen LogP) is 3.05. The Morgan fingerprint density at radius 3 is 2.58 bits per heavy atom. The van der Waals surface area contributed by atoms with Crippen molar-refractivity contribution in [1.29, 1.82) is 0 Å². The van der Waals surface area contributed by atoms with Gasteiger partial charge >= 0.3 is 0 Å². The molecule has 104 valence electrons. The first kappa shape index (κ1) is 14.5. The largest absolute Gasteiger partial charge is 0.333 e. The van der Waals surface area contributed by atoms with Gasteiger partial charge in [-0.3, -0.25) is 4.79 Å². The highest BCUT2D eigenvalue weighted by molar-refractivity contribution is 9.10. The Kier molecular flexibility index (Phi) is 4.99. The van der Waals surface area contributed by atoms with E-state index in [1.54, 1.807) is 0 Å². The third kappa shape index (κ3) is 3.37. The van der Waals surface area contributed by atoms with Crippen LogP contribution in [0.3, 0.4) is 0 Å². The summed E-state index contributed by atoms with van der Waals surface area (Å²) in [6.07, 6.45) is 2.05. The first-order valence-corrected chi connectivity index (χ1v) is 7.74. The van der Waals surface area contributed by atoms with Gasteiger partial charge in [0, 0.05) is 35.2 Å². The molecule has 0 radical (unpaired) electrons. The zero-order chi connectivity index (χ0) is 13.8. The van der Waals surface area contributed by atoms with Gasteiger partial charge in [-0.15, -0.1) is 0 Å². The standard InChI is InChI=1S/C15H21BrN2O/c1-3-13-10-18(14(4-2)9-17-13)15(19)11-5-7-12(16)8-6-11/h5-8,13-14,17H,3-4,9-10H2,1-2H3. The quantitative estimate of drug-likeness (QED) is 0.926. The lowest BCUT2D eigenvalue weighted by molar-refractivity contribution is 0.0576. The van der Waals surface area contributed by atoms with E-state index >= 15 is 0 Å². The fourth-order valence-electron chi connectivity index (χ4n) is 2.51. The summed E-state index contributed by atoms with van der Waals surface area (Å²) in [7, 11) is 0. The molecular weight excluding hydrogens is 304 g/mol. The summed E-state index contributed by atoms with van der Waals surface area (Å²) in [5.41, 5.74) is 0.776. The van der Waals surface area contributed by atoms with Crippen molar-refractivity contribution in [3.05, 3.63) is 34.3 Å². The lowest BCUT2D eigenvalue weighted by Gasteiger charge is -2.40. The number of halogens is 1. The minimum absolute atomic E-state index is 0.152. The van der Waals surface area contributed by atoms with Crippen molar-refractivity contribution < 1.29 is 4.79 Å². The lowest BCUT2D eigenvalue weighted by Crippen LogP contribution is -2.57. The highest BCUT2D eigenvalue weighted by Gasteiger charge is 2.29. The maximum Gasteiger partial charge on any atom is 0.254 e. The molecule has 0 spiro atoms. The van der Waals surface area contributed by atoms with E-state index in [4.69, 9.17) is 0 Å². The van der Waals surface area contributed by atoms with Gasteiger partial charge < -0.3 is 10.2 Å². The highest BCUT2D eigenvalue weighted by Crippen LogP contribution is 2.18. The number of hydrogen-bond acceptors (Lipinski definition) is 2. The molecule has 1 N–H and O–H groups in total. The SMILES string of the molecule is CCC1CN(C(=O)c2ccc(Br)cc2)C(CC)CN1.